The minimum absolute atomic E-state index is 0.00329. The average molecular weight is 523 g/mol. The lowest BCUT2D eigenvalue weighted by Gasteiger charge is -2.40. The van der Waals surface area contributed by atoms with Crippen molar-refractivity contribution in [3.63, 3.8) is 0 Å². The minimum atomic E-state index is -1.73. The van der Waals surface area contributed by atoms with Gasteiger partial charge in [-0.15, -0.1) is 0 Å². The number of hydrogen-bond donors (Lipinski definition) is 2. The summed E-state index contributed by atoms with van der Waals surface area (Å²) in [6.45, 7) is 6.87. The quantitative estimate of drug-likeness (QED) is 0.504. The summed E-state index contributed by atoms with van der Waals surface area (Å²) >= 11 is 0. The number of likely N-dealkylation sites (N-methyl/N-ethyl adjacent to an activating group) is 1. The number of nitrogens with one attached hydrogen (secondary N) is 1. The molecule has 2 saturated heterocycles. The molecule has 2 N–H and O–H groups in total. The Labute approximate surface area is 221 Å². The Morgan fingerprint density at radius 3 is 2.63 bits per heavy atom. The molecule has 5 rings (SSSR count). The van der Waals surface area contributed by atoms with Crippen LogP contribution in [0.3, 0.4) is 0 Å². The highest BCUT2D eigenvalue weighted by Gasteiger charge is 2.39. The number of piperidine rings is 1. The van der Waals surface area contributed by atoms with Crippen molar-refractivity contribution in [2.45, 2.75) is 57.3 Å². The van der Waals surface area contributed by atoms with Crippen molar-refractivity contribution in [3.8, 4) is 0 Å². The van der Waals surface area contributed by atoms with Crippen LogP contribution in [0.15, 0.2) is 30.7 Å². The molecule has 5 heterocycles. The summed E-state index contributed by atoms with van der Waals surface area (Å²) in [7, 11) is 3.50. The smallest absolute Gasteiger partial charge is 0.229 e. The van der Waals surface area contributed by atoms with Crippen LogP contribution in [0.5, 0.6) is 0 Å². The third-order valence-corrected chi connectivity index (χ3v) is 7.70. The van der Waals surface area contributed by atoms with Crippen LogP contribution in [0.2, 0.25) is 0 Å². The zero-order valence-corrected chi connectivity index (χ0v) is 22.5. The predicted octanol–water partition coefficient (Wildman–Crippen LogP) is 3.25. The molecule has 3 aromatic rings. The van der Waals surface area contributed by atoms with Crippen molar-refractivity contribution in [3.05, 3.63) is 36.3 Å². The molecule has 0 radical (unpaired) electrons. The first-order valence-electron chi connectivity index (χ1n) is 13.0. The van der Waals surface area contributed by atoms with Gasteiger partial charge in [-0.2, -0.15) is 4.98 Å². The maximum absolute atomic E-state index is 14.7. The molecule has 202 valence electrons. The van der Waals surface area contributed by atoms with Gasteiger partial charge in [0.25, 0.3) is 0 Å². The fourth-order valence-electron chi connectivity index (χ4n) is 5.14. The molecule has 11 heteroatoms. The number of anilines is 4. The minimum Gasteiger partial charge on any atom is -0.390 e. The summed E-state index contributed by atoms with van der Waals surface area (Å²) in [5, 5.41) is 15.0. The van der Waals surface area contributed by atoms with E-state index >= 15 is 0 Å². The van der Waals surface area contributed by atoms with E-state index in [2.05, 4.69) is 32.1 Å². The fraction of sp³-hybridized carbons (Fsp3) is 0.519. The molecule has 4 atom stereocenters. The summed E-state index contributed by atoms with van der Waals surface area (Å²) in [6.07, 6.45) is 5.63. The largest absolute Gasteiger partial charge is 0.390 e. The zero-order valence-electron chi connectivity index (χ0n) is 22.5. The zero-order chi connectivity index (χ0) is 27.2. The molecule has 2 aliphatic rings. The van der Waals surface area contributed by atoms with Crippen LogP contribution in [0.25, 0.3) is 10.8 Å². The van der Waals surface area contributed by atoms with Gasteiger partial charge in [0.05, 0.1) is 18.6 Å². The van der Waals surface area contributed by atoms with E-state index in [1.807, 2.05) is 13.0 Å². The number of rotatable bonds is 6. The van der Waals surface area contributed by atoms with Crippen molar-refractivity contribution in [2.24, 2.45) is 0 Å². The lowest BCUT2D eigenvalue weighted by molar-refractivity contribution is -0.129. The van der Waals surface area contributed by atoms with Crippen molar-refractivity contribution >= 4 is 40.1 Å². The average Bonchev–Trinajstić information content (AvgIpc) is 2.88. The lowest BCUT2D eigenvalue weighted by Crippen LogP contribution is -2.52. The van der Waals surface area contributed by atoms with E-state index in [1.165, 1.54) is 6.92 Å². The topological polar surface area (TPSA) is 111 Å². The standard InChI is InChI=1S/C27H35FN8O2/c1-16-7-11-36(16)24-20-14-30-23(12-18(20)19(13-31-24)17(2)25(38)34(4)5)32-22-6-9-29-26(33-22)35-10-8-21(37)27(3,28)15-35/h6,9,12-14,16-17,21,37H,7-8,10-11,15H2,1-5H3,(H,29,30,32,33)/t16-,17+,21-,27+/m1/s1. The van der Waals surface area contributed by atoms with Gasteiger partial charge < -0.3 is 25.1 Å². The highest BCUT2D eigenvalue weighted by atomic mass is 19.1. The molecule has 0 aromatic carbocycles. The number of alkyl halides is 1. The molecule has 1 amide bonds. The number of hydrogen-bond acceptors (Lipinski definition) is 9. The number of halogens is 1. The van der Waals surface area contributed by atoms with Crippen LogP contribution in [-0.4, -0.2) is 87.4 Å². The maximum atomic E-state index is 14.7. The molecule has 0 saturated carbocycles. The molecule has 38 heavy (non-hydrogen) atoms. The third kappa shape index (κ3) is 4.82. The molecule has 0 unspecified atom stereocenters. The third-order valence-electron chi connectivity index (χ3n) is 7.70. The van der Waals surface area contributed by atoms with Crippen molar-refractivity contribution in [1.29, 1.82) is 0 Å². The van der Waals surface area contributed by atoms with E-state index in [-0.39, 0.29) is 18.4 Å². The van der Waals surface area contributed by atoms with Crippen LogP contribution in [0.4, 0.5) is 27.8 Å². The van der Waals surface area contributed by atoms with E-state index in [1.54, 1.807) is 48.6 Å². The molecular formula is C27H35FN8O2. The summed E-state index contributed by atoms with van der Waals surface area (Å²) in [6, 6.07) is 4.05. The van der Waals surface area contributed by atoms with Gasteiger partial charge in [0.1, 0.15) is 17.5 Å². The molecule has 10 nitrogen and oxygen atoms in total. The van der Waals surface area contributed by atoms with Gasteiger partial charge in [-0.1, -0.05) is 0 Å². The number of fused-ring (bicyclic) bond motifs is 1. The molecule has 0 bridgehead atoms. The van der Waals surface area contributed by atoms with Gasteiger partial charge in [-0.3, -0.25) is 4.79 Å². The van der Waals surface area contributed by atoms with E-state index < -0.39 is 11.8 Å². The normalized spacial score (nSPS) is 24.2. The first-order chi connectivity index (χ1) is 18.0. The van der Waals surface area contributed by atoms with Crippen LogP contribution < -0.4 is 15.1 Å². The summed E-state index contributed by atoms with van der Waals surface area (Å²) in [5.41, 5.74) is -0.902. The lowest BCUT2D eigenvalue weighted by atomic mass is 9.94. The van der Waals surface area contributed by atoms with Crippen molar-refractivity contribution in [2.75, 3.05) is 48.8 Å². The Morgan fingerprint density at radius 2 is 1.97 bits per heavy atom. The molecule has 0 spiro atoms. The monoisotopic (exact) mass is 522 g/mol. The number of carbonyl (C=O) groups is 1. The Kier molecular flexibility index (Phi) is 6.81. The number of aromatic nitrogens is 4. The number of amides is 1. The number of aliphatic hydroxyl groups excluding tert-OH is 1. The van der Waals surface area contributed by atoms with Gasteiger partial charge in [-0.25, -0.2) is 19.3 Å². The highest BCUT2D eigenvalue weighted by molar-refractivity contribution is 5.99. The second-order valence-corrected chi connectivity index (χ2v) is 10.8. The van der Waals surface area contributed by atoms with Crippen molar-refractivity contribution < 1.29 is 14.3 Å². The Hall–Kier alpha value is -3.60. The number of pyridine rings is 2. The SMILES string of the molecule is C[C@H](C(=O)N(C)C)c1cnc(N2CC[C@H]2C)c2cnc(Nc3ccnc(N4CC[C@@H](O)[C@@](C)(F)C4)n3)cc12. The summed E-state index contributed by atoms with van der Waals surface area (Å²) in [4.78, 5) is 36.7. The van der Waals surface area contributed by atoms with Crippen LogP contribution in [0.1, 0.15) is 45.1 Å². The van der Waals surface area contributed by atoms with Crippen molar-refractivity contribution in [1.82, 2.24) is 24.8 Å². The Bertz CT molecular complexity index is 1350. The van der Waals surface area contributed by atoms with Gasteiger partial charge in [0.2, 0.25) is 11.9 Å². The first kappa shape index (κ1) is 26.0. The Balaban J connectivity index is 1.48. The first-order valence-corrected chi connectivity index (χ1v) is 13.0. The van der Waals surface area contributed by atoms with E-state index in [4.69, 9.17) is 4.98 Å². The van der Waals surface area contributed by atoms with Gasteiger partial charge in [0, 0.05) is 57.2 Å². The van der Waals surface area contributed by atoms with E-state index in [9.17, 15) is 14.3 Å². The summed E-state index contributed by atoms with van der Waals surface area (Å²) in [5.74, 6) is 1.95. The molecule has 2 fully saturated rings. The highest BCUT2D eigenvalue weighted by Crippen LogP contribution is 2.36. The molecule has 3 aromatic heterocycles. The molecular weight excluding hydrogens is 487 g/mol. The molecule has 2 aliphatic heterocycles. The number of nitrogens with zero attached hydrogens (tertiary/aromatic N) is 7. The summed E-state index contributed by atoms with van der Waals surface area (Å²) < 4.78 is 14.7. The van der Waals surface area contributed by atoms with Crippen LogP contribution in [0, 0.1) is 0 Å². The van der Waals surface area contributed by atoms with Crippen LogP contribution in [-0.2, 0) is 4.79 Å². The van der Waals surface area contributed by atoms with Gasteiger partial charge in [0.15, 0.2) is 5.67 Å². The Morgan fingerprint density at radius 1 is 1.18 bits per heavy atom. The maximum Gasteiger partial charge on any atom is 0.229 e. The number of aliphatic hydroxyl groups is 1. The predicted molar refractivity (Wildman–Crippen MR) is 146 cm³/mol. The number of carbonyl (C=O) groups excluding carboxylic acids is 1. The molecule has 0 aliphatic carbocycles. The second-order valence-electron chi connectivity index (χ2n) is 10.8. The van der Waals surface area contributed by atoms with Crippen LogP contribution >= 0.6 is 0 Å². The second kappa shape index (κ2) is 9.94. The van der Waals surface area contributed by atoms with E-state index in [0.29, 0.717) is 36.6 Å². The fourth-order valence-corrected chi connectivity index (χ4v) is 5.14. The van der Waals surface area contributed by atoms with E-state index in [0.717, 1.165) is 35.1 Å². The van der Waals surface area contributed by atoms with Gasteiger partial charge >= 0.3 is 0 Å². The van der Waals surface area contributed by atoms with Gasteiger partial charge in [-0.05, 0) is 56.7 Å².